The summed E-state index contributed by atoms with van der Waals surface area (Å²) < 4.78 is 5.70. The maximum atomic E-state index is 12.9. The Hall–Kier alpha value is -3.55. The molecule has 30 heavy (non-hydrogen) atoms. The van der Waals surface area contributed by atoms with Crippen molar-refractivity contribution in [3.05, 3.63) is 64.4 Å². The number of hydrogen-bond acceptors (Lipinski definition) is 6. The van der Waals surface area contributed by atoms with E-state index in [4.69, 9.17) is 4.42 Å². The second-order valence-corrected chi connectivity index (χ2v) is 8.40. The highest BCUT2D eigenvalue weighted by atomic mass is 16.6. The molecule has 5 aliphatic rings. The molecule has 1 aromatic carbocycles. The summed E-state index contributed by atoms with van der Waals surface area (Å²) in [5, 5.41) is 16.1. The molecule has 2 amide bonds. The van der Waals surface area contributed by atoms with E-state index in [2.05, 4.69) is 17.3 Å². The highest BCUT2D eigenvalue weighted by Crippen LogP contribution is 2.65. The van der Waals surface area contributed by atoms with Crippen molar-refractivity contribution in [2.45, 2.75) is 6.42 Å². The number of nitrogens with zero attached hydrogens (tertiary/aromatic N) is 3. The van der Waals surface area contributed by atoms with E-state index in [1.54, 1.807) is 24.3 Å². The van der Waals surface area contributed by atoms with Gasteiger partial charge in [-0.25, -0.2) is 0 Å². The Labute approximate surface area is 171 Å². The van der Waals surface area contributed by atoms with E-state index in [9.17, 15) is 19.7 Å². The van der Waals surface area contributed by atoms with Gasteiger partial charge in [0.25, 0.3) is 17.5 Å². The first-order valence-corrected chi connectivity index (χ1v) is 9.98. The number of rotatable bonds is 4. The number of furan rings is 1. The molecule has 4 aliphatic carbocycles. The number of hydrogen-bond donors (Lipinski definition) is 0. The summed E-state index contributed by atoms with van der Waals surface area (Å²) in [6.07, 6.45) is 6.71. The largest absolute Gasteiger partial charge is 0.455 e. The van der Waals surface area contributed by atoms with Crippen LogP contribution in [-0.2, 0) is 9.59 Å². The monoisotopic (exact) mass is 403 g/mol. The SMILES string of the molecule is O=C1[C@@H]2[C@@H]3C=C[C@H]([C@@H]4C[C@H]34)[C@H]2C(=O)N1/N=C\c1ccc(-c2cccc([N+](=O)[O-])c2)o1. The van der Waals surface area contributed by atoms with Crippen molar-refractivity contribution in [1.82, 2.24) is 5.01 Å². The van der Waals surface area contributed by atoms with Crippen LogP contribution in [0.25, 0.3) is 11.3 Å². The highest BCUT2D eigenvalue weighted by Gasteiger charge is 2.67. The van der Waals surface area contributed by atoms with Gasteiger partial charge in [0.05, 0.1) is 23.0 Å². The normalized spacial score (nSPS) is 33.3. The van der Waals surface area contributed by atoms with Crippen LogP contribution in [0.3, 0.4) is 0 Å². The Morgan fingerprint density at radius 1 is 1.07 bits per heavy atom. The number of hydrazone groups is 1. The van der Waals surface area contributed by atoms with Gasteiger partial charge in [0.15, 0.2) is 0 Å². The first-order valence-electron chi connectivity index (χ1n) is 9.98. The molecule has 0 N–H and O–H groups in total. The predicted molar refractivity (Wildman–Crippen MR) is 105 cm³/mol. The van der Waals surface area contributed by atoms with E-state index in [1.807, 2.05) is 0 Å². The fourth-order valence-electron chi connectivity index (χ4n) is 5.52. The van der Waals surface area contributed by atoms with E-state index in [1.165, 1.54) is 18.3 Å². The summed E-state index contributed by atoms with van der Waals surface area (Å²) in [6.45, 7) is 0. The molecule has 2 saturated carbocycles. The standard InChI is InChI=1S/C22H17N3O5/c26-21-19-14-5-6-15(17-9-16(14)17)20(19)22(27)24(21)23-10-13-4-7-18(30-13)11-2-1-3-12(8-11)25(28)29/h1-8,10,14-17,19-20H,9H2/b23-10-/t14-,15-,16-,17+,19-,20-/m1/s1. The molecule has 8 heteroatoms. The molecule has 0 spiro atoms. The van der Waals surface area contributed by atoms with Gasteiger partial charge in [0.1, 0.15) is 11.5 Å². The number of nitro groups is 1. The number of carbonyl (C=O) groups excluding carboxylic acids is 2. The quantitative estimate of drug-likeness (QED) is 0.256. The third-order valence-corrected chi connectivity index (χ3v) is 6.91. The van der Waals surface area contributed by atoms with Gasteiger partial charge in [0.2, 0.25) is 0 Å². The van der Waals surface area contributed by atoms with E-state index >= 15 is 0 Å². The summed E-state index contributed by atoms with van der Waals surface area (Å²) in [4.78, 5) is 36.3. The van der Waals surface area contributed by atoms with Gasteiger partial charge in [0, 0.05) is 17.7 Å². The minimum atomic E-state index is -0.467. The Morgan fingerprint density at radius 3 is 2.43 bits per heavy atom. The molecule has 3 fully saturated rings. The van der Waals surface area contributed by atoms with Crippen LogP contribution in [0.15, 0.2) is 58.1 Å². The summed E-state index contributed by atoms with van der Waals surface area (Å²) in [7, 11) is 0. The third kappa shape index (κ3) is 2.36. The van der Waals surface area contributed by atoms with Gasteiger partial charge in [-0.2, -0.15) is 10.1 Å². The number of non-ortho nitro benzene ring substituents is 1. The van der Waals surface area contributed by atoms with Gasteiger partial charge >= 0.3 is 0 Å². The van der Waals surface area contributed by atoms with Crippen LogP contribution in [-0.4, -0.2) is 28.0 Å². The predicted octanol–water partition coefficient (Wildman–Crippen LogP) is 3.24. The van der Waals surface area contributed by atoms with Crippen molar-refractivity contribution in [3.8, 4) is 11.3 Å². The number of carbonyl (C=O) groups is 2. The second kappa shape index (κ2) is 5.98. The number of allylic oxidation sites excluding steroid dienone is 2. The molecular weight excluding hydrogens is 386 g/mol. The molecule has 0 radical (unpaired) electrons. The molecule has 6 atom stereocenters. The number of benzene rings is 1. The topological polar surface area (TPSA) is 106 Å². The molecule has 2 aromatic rings. The van der Waals surface area contributed by atoms with Gasteiger partial charge in [-0.3, -0.25) is 19.7 Å². The number of nitro benzene ring substituents is 1. The van der Waals surface area contributed by atoms with Crippen LogP contribution >= 0.6 is 0 Å². The summed E-state index contributed by atoms with van der Waals surface area (Å²) in [5.74, 6) is 1.18. The minimum absolute atomic E-state index is 0.0312. The summed E-state index contributed by atoms with van der Waals surface area (Å²) in [6, 6.07) is 9.44. The van der Waals surface area contributed by atoms with Gasteiger partial charge in [-0.1, -0.05) is 24.3 Å². The van der Waals surface area contributed by atoms with E-state index in [0.29, 0.717) is 28.9 Å². The van der Waals surface area contributed by atoms with Crippen molar-refractivity contribution in [1.29, 1.82) is 0 Å². The molecule has 7 rings (SSSR count). The zero-order valence-corrected chi connectivity index (χ0v) is 15.8. The van der Waals surface area contributed by atoms with E-state index < -0.39 is 4.92 Å². The Bertz CT molecular complexity index is 1130. The van der Waals surface area contributed by atoms with Crippen molar-refractivity contribution >= 4 is 23.7 Å². The molecule has 1 aliphatic heterocycles. The van der Waals surface area contributed by atoms with Crippen molar-refractivity contribution in [3.63, 3.8) is 0 Å². The van der Waals surface area contributed by atoms with Crippen molar-refractivity contribution < 1.29 is 18.9 Å². The Balaban J connectivity index is 1.24. The molecule has 1 aromatic heterocycles. The average molecular weight is 403 g/mol. The average Bonchev–Trinajstić information content (AvgIpc) is 3.39. The van der Waals surface area contributed by atoms with Gasteiger partial charge < -0.3 is 4.42 Å². The first-order chi connectivity index (χ1) is 14.5. The summed E-state index contributed by atoms with van der Waals surface area (Å²) in [5.41, 5.74) is 0.529. The lowest BCUT2D eigenvalue weighted by atomic mass is 9.63. The molecule has 2 bridgehead atoms. The van der Waals surface area contributed by atoms with Crippen molar-refractivity contribution in [2.24, 2.45) is 40.6 Å². The maximum absolute atomic E-state index is 12.9. The highest BCUT2D eigenvalue weighted by molar-refractivity contribution is 6.06. The Morgan fingerprint density at radius 2 is 1.77 bits per heavy atom. The molecule has 150 valence electrons. The van der Waals surface area contributed by atoms with Crippen LogP contribution in [0.2, 0.25) is 0 Å². The van der Waals surface area contributed by atoms with E-state index in [0.717, 1.165) is 11.4 Å². The van der Waals surface area contributed by atoms with Crippen LogP contribution in [0.4, 0.5) is 5.69 Å². The molecule has 8 nitrogen and oxygen atoms in total. The zero-order chi connectivity index (χ0) is 20.6. The first kappa shape index (κ1) is 17.3. The van der Waals surface area contributed by atoms with Crippen molar-refractivity contribution in [2.75, 3.05) is 0 Å². The zero-order valence-electron chi connectivity index (χ0n) is 15.8. The smallest absolute Gasteiger partial charge is 0.270 e. The van der Waals surface area contributed by atoms with Gasteiger partial charge in [-0.05, 0) is 42.2 Å². The second-order valence-electron chi connectivity index (χ2n) is 8.40. The maximum Gasteiger partial charge on any atom is 0.270 e. The Kier molecular flexibility index (Phi) is 3.45. The van der Waals surface area contributed by atoms with Crippen LogP contribution < -0.4 is 0 Å². The molecular formula is C22H17N3O5. The van der Waals surface area contributed by atoms with Crippen LogP contribution in [0.1, 0.15) is 12.2 Å². The van der Waals surface area contributed by atoms with E-state index in [-0.39, 0.29) is 41.2 Å². The molecule has 1 saturated heterocycles. The number of imide groups is 1. The molecule has 2 heterocycles. The fraction of sp³-hybridized carbons (Fsp3) is 0.318. The van der Waals surface area contributed by atoms with Crippen LogP contribution in [0, 0.1) is 45.6 Å². The summed E-state index contributed by atoms with van der Waals surface area (Å²) >= 11 is 0. The lowest BCUT2D eigenvalue weighted by molar-refractivity contribution is -0.384. The third-order valence-electron chi connectivity index (χ3n) is 6.91. The lowest BCUT2D eigenvalue weighted by Crippen LogP contribution is -2.40. The minimum Gasteiger partial charge on any atom is -0.455 e. The fourth-order valence-corrected chi connectivity index (χ4v) is 5.52. The van der Waals surface area contributed by atoms with Crippen LogP contribution in [0.5, 0.6) is 0 Å². The van der Waals surface area contributed by atoms with Gasteiger partial charge in [-0.15, -0.1) is 0 Å². The molecule has 0 unspecified atom stereocenters. The number of amides is 2. The lowest BCUT2D eigenvalue weighted by Gasteiger charge is -2.37.